The normalized spacial score (nSPS) is 15.4. The number of rotatable bonds is 5. The molecule has 3 rings (SSSR count). The smallest absolute Gasteiger partial charge is 0.256 e. The zero-order valence-corrected chi connectivity index (χ0v) is 17.3. The molecule has 0 aliphatic carbocycles. The molecule has 1 aliphatic rings. The van der Waals surface area contributed by atoms with Crippen molar-refractivity contribution in [3.05, 3.63) is 53.1 Å². The fraction of sp³-hybridized carbons (Fsp3) is 0.348. The fourth-order valence-electron chi connectivity index (χ4n) is 3.21. The van der Waals surface area contributed by atoms with E-state index < -0.39 is 0 Å². The zero-order valence-electron chi connectivity index (χ0n) is 17.3. The van der Waals surface area contributed by atoms with Crippen molar-refractivity contribution in [3.8, 4) is 17.2 Å². The summed E-state index contributed by atoms with van der Waals surface area (Å²) >= 11 is 0. The van der Waals surface area contributed by atoms with Crippen LogP contribution in [0, 0.1) is 0 Å². The van der Waals surface area contributed by atoms with E-state index in [1.54, 1.807) is 38.4 Å². The first-order chi connectivity index (χ1) is 13.3. The van der Waals surface area contributed by atoms with Gasteiger partial charge in [-0.3, -0.25) is 4.79 Å². The second kappa shape index (κ2) is 7.58. The monoisotopic (exact) mass is 381 g/mol. The van der Waals surface area contributed by atoms with Crippen LogP contribution in [0.4, 0.5) is 5.69 Å². The van der Waals surface area contributed by atoms with Crippen LogP contribution in [0.2, 0.25) is 0 Å². The Morgan fingerprint density at radius 3 is 1.93 bits per heavy atom. The second-order valence-corrected chi connectivity index (χ2v) is 7.82. The molecule has 0 radical (unpaired) electrons. The van der Waals surface area contributed by atoms with E-state index in [1.807, 2.05) is 6.08 Å². The van der Waals surface area contributed by atoms with Crippen LogP contribution in [0.3, 0.4) is 0 Å². The van der Waals surface area contributed by atoms with Crippen LogP contribution in [0.15, 0.2) is 42.0 Å². The molecule has 0 aromatic heterocycles. The average Bonchev–Trinajstić information content (AvgIpc) is 2.69. The molecule has 1 amide bonds. The Balaban J connectivity index is 1.81. The molecule has 1 aliphatic heterocycles. The molecule has 2 aromatic rings. The standard InChI is InChI=1S/C23H27NO4/c1-23(2,3)17-9-7-15(8-10-17)11-16-14-24(22(16)25)18-12-19(26-4)21(28-6)20(13-18)27-5/h7-13H,14H2,1-6H3/b16-11-. The summed E-state index contributed by atoms with van der Waals surface area (Å²) in [5.74, 6) is 1.55. The van der Waals surface area contributed by atoms with Gasteiger partial charge in [-0.2, -0.15) is 0 Å². The molecule has 0 saturated carbocycles. The van der Waals surface area contributed by atoms with E-state index in [1.165, 1.54) is 5.56 Å². The number of hydrogen-bond donors (Lipinski definition) is 0. The maximum Gasteiger partial charge on any atom is 0.256 e. The number of benzene rings is 2. The average molecular weight is 381 g/mol. The van der Waals surface area contributed by atoms with E-state index >= 15 is 0 Å². The number of ether oxygens (including phenoxy) is 3. The lowest BCUT2D eigenvalue weighted by atomic mass is 9.86. The number of amides is 1. The summed E-state index contributed by atoms with van der Waals surface area (Å²) in [6.07, 6.45) is 1.95. The van der Waals surface area contributed by atoms with E-state index in [0.717, 1.165) is 16.8 Å². The van der Waals surface area contributed by atoms with E-state index in [0.29, 0.717) is 23.8 Å². The van der Waals surface area contributed by atoms with Gasteiger partial charge in [-0.25, -0.2) is 0 Å². The number of carbonyl (C=O) groups is 1. The summed E-state index contributed by atoms with van der Waals surface area (Å²) in [6.45, 7) is 7.10. The Labute approximate surface area is 166 Å². The quantitative estimate of drug-likeness (QED) is 0.567. The molecule has 5 heteroatoms. The Morgan fingerprint density at radius 2 is 1.50 bits per heavy atom. The molecule has 0 unspecified atom stereocenters. The van der Waals surface area contributed by atoms with Crippen LogP contribution >= 0.6 is 0 Å². The van der Waals surface area contributed by atoms with Gasteiger partial charge >= 0.3 is 0 Å². The highest BCUT2D eigenvalue weighted by molar-refractivity contribution is 6.16. The van der Waals surface area contributed by atoms with Gasteiger partial charge in [0.05, 0.1) is 33.6 Å². The summed E-state index contributed by atoms with van der Waals surface area (Å²) in [4.78, 5) is 14.4. The number of hydrogen-bond acceptors (Lipinski definition) is 4. The molecule has 0 spiro atoms. The van der Waals surface area contributed by atoms with Crippen LogP contribution in [0.5, 0.6) is 17.2 Å². The van der Waals surface area contributed by atoms with Crippen LogP contribution in [-0.2, 0) is 10.2 Å². The minimum atomic E-state index is -0.0193. The van der Waals surface area contributed by atoms with Crippen molar-refractivity contribution in [1.82, 2.24) is 0 Å². The summed E-state index contributed by atoms with van der Waals surface area (Å²) in [5.41, 5.74) is 3.91. The van der Waals surface area contributed by atoms with Crippen molar-refractivity contribution in [2.45, 2.75) is 26.2 Å². The molecular formula is C23H27NO4. The Bertz CT molecular complexity index is 882. The molecule has 5 nitrogen and oxygen atoms in total. The van der Waals surface area contributed by atoms with Gasteiger partial charge in [0.25, 0.3) is 5.91 Å². The Hall–Kier alpha value is -2.95. The zero-order chi connectivity index (χ0) is 20.5. The minimum Gasteiger partial charge on any atom is -0.493 e. The molecule has 1 fully saturated rings. The fourth-order valence-corrected chi connectivity index (χ4v) is 3.21. The van der Waals surface area contributed by atoms with E-state index in [-0.39, 0.29) is 11.3 Å². The molecule has 2 aromatic carbocycles. The highest BCUT2D eigenvalue weighted by atomic mass is 16.5. The number of β-lactam (4-membered cyclic amide) rings is 1. The molecule has 0 bridgehead atoms. The lowest BCUT2D eigenvalue weighted by Gasteiger charge is -2.34. The lowest BCUT2D eigenvalue weighted by Crippen LogP contribution is -2.46. The first-order valence-electron chi connectivity index (χ1n) is 9.21. The molecule has 1 heterocycles. The van der Waals surface area contributed by atoms with Crippen molar-refractivity contribution in [1.29, 1.82) is 0 Å². The summed E-state index contributed by atoms with van der Waals surface area (Å²) in [7, 11) is 4.68. The third-order valence-electron chi connectivity index (χ3n) is 4.93. The first kappa shape index (κ1) is 19.8. The lowest BCUT2D eigenvalue weighted by molar-refractivity contribution is -0.117. The largest absolute Gasteiger partial charge is 0.493 e. The molecule has 1 saturated heterocycles. The SMILES string of the molecule is COc1cc(N2C/C(=C/c3ccc(C(C)(C)C)cc3)C2=O)cc(OC)c1OC. The van der Waals surface area contributed by atoms with Gasteiger partial charge in [-0.1, -0.05) is 45.0 Å². The number of methoxy groups -OCH3 is 3. The molecule has 28 heavy (non-hydrogen) atoms. The van der Waals surface area contributed by atoms with Crippen LogP contribution < -0.4 is 19.1 Å². The van der Waals surface area contributed by atoms with Crippen LogP contribution in [-0.4, -0.2) is 33.8 Å². The predicted molar refractivity (Wildman–Crippen MR) is 112 cm³/mol. The molecule has 0 atom stereocenters. The summed E-state index contributed by atoms with van der Waals surface area (Å²) in [5, 5.41) is 0. The Morgan fingerprint density at radius 1 is 0.929 bits per heavy atom. The van der Waals surface area contributed by atoms with Gasteiger partial charge in [-0.05, 0) is 22.6 Å². The van der Waals surface area contributed by atoms with Gasteiger partial charge < -0.3 is 19.1 Å². The van der Waals surface area contributed by atoms with Crippen LogP contribution in [0.25, 0.3) is 6.08 Å². The van der Waals surface area contributed by atoms with Crippen LogP contribution in [0.1, 0.15) is 31.9 Å². The van der Waals surface area contributed by atoms with Gasteiger partial charge in [0, 0.05) is 17.7 Å². The third kappa shape index (κ3) is 3.70. The van der Waals surface area contributed by atoms with Gasteiger partial charge in [0.2, 0.25) is 5.75 Å². The summed E-state index contributed by atoms with van der Waals surface area (Å²) in [6, 6.07) is 11.9. The Kier molecular flexibility index (Phi) is 5.36. The number of anilines is 1. The van der Waals surface area contributed by atoms with Crippen molar-refractivity contribution < 1.29 is 19.0 Å². The number of carbonyl (C=O) groups excluding carboxylic acids is 1. The minimum absolute atomic E-state index is 0.0193. The molecular weight excluding hydrogens is 354 g/mol. The number of nitrogens with zero attached hydrogens (tertiary/aromatic N) is 1. The maximum atomic E-state index is 12.7. The van der Waals surface area contributed by atoms with Gasteiger partial charge in [-0.15, -0.1) is 0 Å². The van der Waals surface area contributed by atoms with E-state index in [4.69, 9.17) is 14.2 Å². The third-order valence-corrected chi connectivity index (χ3v) is 4.93. The second-order valence-electron chi connectivity index (χ2n) is 7.82. The van der Waals surface area contributed by atoms with Crippen molar-refractivity contribution in [3.63, 3.8) is 0 Å². The van der Waals surface area contributed by atoms with E-state index in [9.17, 15) is 4.79 Å². The highest BCUT2D eigenvalue weighted by Crippen LogP contribution is 2.42. The molecule has 0 N–H and O–H groups in total. The molecule has 148 valence electrons. The van der Waals surface area contributed by atoms with E-state index in [2.05, 4.69) is 45.0 Å². The predicted octanol–water partition coefficient (Wildman–Crippen LogP) is 4.44. The van der Waals surface area contributed by atoms with Crippen molar-refractivity contribution in [2.24, 2.45) is 0 Å². The van der Waals surface area contributed by atoms with Crippen molar-refractivity contribution in [2.75, 3.05) is 32.8 Å². The van der Waals surface area contributed by atoms with Gasteiger partial charge in [0.15, 0.2) is 11.5 Å². The first-order valence-corrected chi connectivity index (χ1v) is 9.21. The topological polar surface area (TPSA) is 48.0 Å². The maximum absolute atomic E-state index is 12.7. The van der Waals surface area contributed by atoms with Crippen molar-refractivity contribution >= 4 is 17.7 Å². The van der Waals surface area contributed by atoms with Gasteiger partial charge in [0.1, 0.15) is 0 Å². The highest BCUT2D eigenvalue weighted by Gasteiger charge is 2.33. The summed E-state index contributed by atoms with van der Waals surface area (Å²) < 4.78 is 16.1.